The summed E-state index contributed by atoms with van der Waals surface area (Å²) in [5.41, 5.74) is 0. The monoisotopic (exact) mass is 176 g/mol. The predicted octanol–water partition coefficient (Wildman–Crippen LogP) is 1.17. The molecule has 0 aliphatic carbocycles. The van der Waals surface area contributed by atoms with E-state index in [1.54, 1.807) is 0 Å². The molecular formula is C7H10F2N2O. The molecule has 68 valence electrons. The van der Waals surface area contributed by atoms with Gasteiger partial charge in [0, 0.05) is 6.04 Å². The SMILES string of the molecule is CC1CC(OC(F)F)CN1C#N. The Morgan fingerprint density at radius 3 is 2.75 bits per heavy atom. The van der Waals surface area contributed by atoms with Crippen molar-refractivity contribution in [2.45, 2.75) is 32.1 Å². The number of alkyl halides is 2. The number of ether oxygens (including phenoxy) is 1. The Morgan fingerprint density at radius 2 is 2.33 bits per heavy atom. The quantitative estimate of drug-likeness (QED) is 0.592. The van der Waals surface area contributed by atoms with Gasteiger partial charge in [0.25, 0.3) is 0 Å². The summed E-state index contributed by atoms with van der Waals surface area (Å²) in [6.07, 6.45) is 1.92. The second-order valence-electron chi connectivity index (χ2n) is 2.86. The second-order valence-corrected chi connectivity index (χ2v) is 2.86. The molecule has 0 aromatic carbocycles. The lowest BCUT2D eigenvalue weighted by atomic mass is 10.2. The van der Waals surface area contributed by atoms with E-state index in [2.05, 4.69) is 4.74 Å². The number of halogens is 2. The first-order valence-corrected chi connectivity index (χ1v) is 3.73. The van der Waals surface area contributed by atoms with Crippen LogP contribution < -0.4 is 0 Å². The van der Waals surface area contributed by atoms with Gasteiger partial charge in [-0.1, -0.05) is 0 Å². The maximum atomic E-state index is 11.7. The van der Waals surface area contributed by atoms with E-state index in [1.807, 2.05) is 13.1 Å². The summed E-state index contributed by atoms with van der Waals surface area (Å²) in [5, 5.41) is 8.52. The Kier molecular flexibility index (Phi) is 2.82. The summed E-state index contributed by atoms with van der Waals surface area (Å²) >= 11 is 0. The van der Waals surface area contributed by atoms with E-state index in [1.165, 1.54) is 4.90 Å². The summed E-state index contributed by atoms with van der Waals surface area (Å²) in [6.45, 7) is -0.638. The normalized spacial score (nSPS) is 29.4. The first-order valence-electron chi connectivity index (χ1n) is 3.73. The van der Waals surface area contributed by atoms with Gasteiger partial charge in [0.15, 0.2) is 6.19 Å². The molecule has 2 atom stereocenters. The molecule has 2 unspecified atom stereocenters. The molecule has 1 heterocycles. The van der Waals surface area contributed by atoms with Crippen molar-refractivity contribution in [1.29, 1.82) is 5.26 Å². The van der Waals surface area contributed by atoms with Crippen LogP contribution in [0, 0.1) is 11.5 Å². The lowest BCUT2D eigenvalue weighted by Gasteiger charge is -2.11. The van der Waals surface area contributed by atoms with Crippen LogP contribution in [0.3, 0.4) is 0 Å². The van der Waals surface area contributed by atoms with Gasteiger partial charge in [-0.05, 0) is 13.3 Å². The minimum Gasteiger partial charge on any atom is -0.318 e. The van der Waals surface area contributed by atoms with Crippen molar-refractivity contribution < 1.29 is 13.5 Å². The van der Waals surface area contributed by atoms with Crippen LogP contribution in [0.4, 0.5) is 8.78 Å². The standard InChI is InChI=1S/C7H10F2N2O/c1-5-2-6(12-7(8)9)3-11(5)4-10/h5-7H,2-3H2,1H3. The lowest BCUT2D eigenvalue weighted by Crippen LogP contribution is -2.23. The summed E-state index contributed by atoms with van der Waals surface area (Å²) in [7, 11) is 0. The van der Waals surface area contributed by atoms with E-state index in [9.17, 15) is 8.78 Å². The van der Waals surface area contributed by atoms with Gasteiger partial charge in [-0.2, -0.15) is 14.0 Å². The molecule has 1 aliphatic heterocycles. The van der Waals surface area contributed by atoms with Gasteiger partial charge in [-0.25, -0.2) is 0 Å². The molecule has 1 rings (SSSR count). The molecule has 0 spiro atoms. The number of nitrogens with zero attached hydrogens (tertiary/aromatic N) is 2. The van der Waals surface area contributed by atoms with Crippen LogP contribution >= 0.6 is 0 Å². The fraction of sp³-hybridized carbons (Fsp3) is 0.857. The number of hydrogen-bond acceptors (Lipinski definition) is 3. The summed E-state index contributed by atoms with van der Waals surface area (Å²) in [5.74, 6) is 0. The second kappa shape index (κ2) is 3.68. The fourth-order valence-corrected chi connectivity index (χ4v) is 1.37. The zero-order valence-corrected chi connectivity index (χ0v) is 6.70. The van der Waals surface area contributed by atoms with Gasteiger partial charge in [0.05, 0.1) is 12.6 Å². The van der Waals surface area contributed by atoms with E-state index < -0.39 is 12.7 Å². The average Bonchev–Trinajstić information content (AvgIpc) is 2.29. The Morgan fingerprint density at radius 1 is 1.67 bits per heavy atom. The summed E-state index contributed by atoms with van der Waals surface area (Å²) < 4.78 is 27.7. The third-order valence-electron chi connectivity index (χ3n) is 1.96. The maximum Gasteiger partial charge on any atom is 0.345 e. The third-order valence-corrected chi connectivity index (χ3v) is 1.96. The molecule has 3 nitrogen and oxygen atoms in total. The highest BCUT2D eigenvalue weighted by atomic mass is 19.3. The lowest BCUT2D eigenvalue weighted by molar-refractivity contribution is -0.158. The van der Waals surface area contributed by atoms with Gasteiger partial charge in [-0.15, -0.1) is 0 Å². The number of nitriles is 1. The molecule has 5 heteroatoms. The largest absolute Gasteiger partial charge is 0.345 e. The third kappa shape index (κ3) is 2.05. The van der Waals surface area contributed by atoms with Crippen LogP contribution in [0.15, 0.2) is 0 Å². The molecule has 0 amide bonds. The van der Waals surface area contributed by atoms with E-state index >= 15 is 0 Å². The Labute approximate surface area is 69.5 Å². The van der Waals surface area contributed by atoms with Crippen LogP contribution in [0.2, 0.25) is 0 Å². The average molecular weight is 176 g/mol. The van der Waals surface area contributed by atoms with Crippen LogP contribution in [-0.4, -0.2) is 30.2 Å². The predicted molar refractivity (Wildman–Crippen MR) is 37.3 cm³/mol. The zero-order chi connectivity index (χ0) is 9.14. The van der Waals surface area contributed by atoms with Crippen molar-refractivity contribution in [3.63, 3.8) is 0 Å². The van der Waals surface area contributed by atoms with Gasteiger partial charge < -0.3 is 9.64 Å². The first-order chi connectivity index (χ1) is 5.63. The summed E-state index contributed by atoms with van der Waals surface area (Å²) in [6, 6.07) is 0.0127. The molecule has 0 radical (unpaired) electrons. The van der Waals surface area contributed by atoms with Crippen molar-refractivity contribution >= 4 is 0 Å². The van der Waals surface area contributed by atoms with Gasteiger partial charge in [-0.3, -0.25) is 0 Å². The highest BCUT2D eigenvalue weighted by Crippen LogP contribution is 2.20. The molecule has 0 aromatic heterocycles. The van der Waals surface area contributed by atoms with Gasteiger partial charge >= 0.3 is 6.61 Å². The van der Waals surface area contributed by atoms with Gasteiger partial charge in [0.1, 0.15) is 0 Å². The van der Waals surface area contributed by atoms with E-state index in [-0.39, 0.29) is 12.6 Å². The molecular weight excluding hydrogens is 166 g/mol. The van der Waals surface area contributed by atoms with Crippen molar-refractivity contribution in [3.8, 4) is 6.19 Å². The minimum atomic E-state index is -2.74. The number of rotatable bonds is 2. The van der Waals surface area contributed by atoms with Crippen molar-refractivity contribution in [3.05, 3.63) is 0 Å². The zero-order valence-electron chi connectivity index (χ0n) is 6.70. The molecule has 0 N–H and O–H groups in total. The molecule has 1 fully saturated rings. The van der Waals surface area contributed by atoms with E-state index in [4.69, 9.17) is 5.26 Å². The maximum absolute atomic E-state index is 11.7. The van der Waals surface area contributed by atoms with Crippen LogP contribution in [0.1, 0.15) is 13.3 Å². The molecule has 12 heavy (non-hydrogen) atoms. The molecule has 0 bridgehead atoms. The smallest absolute Gasteiger partial charge is 0.318 e. The summed E-state index contributed by atoms with van der Waals surface area (Å²) in [4.78, 5) is 1.45. The first kappa shape index (κ1) is 9.20. The molecule has 0 saturated carbocycles. The minimum absolute atomic E-state index is 0.0127. The molecule has 1 saturated heterocycles. The number of likely N-dealkylation sites (tertiary alicyclic amines) is 1. The molecule has 0 aromatic rings. The molecule has 1 aliphatic rings. The Hall–Kier alpha value is -0.890. The van der Waals surface area contributed by atoms with E-state index in [0.29, 0.717) is 6.42 Å². The highest BCUT2D eigenvalue weighted by molar-refractivity contribution is 4.90. The van der Waals surface area contributed by atoms with E-state index in [0.717, 1.165) is 0 Å². The Bertz CT molecular complexity index is 192. The van der Waals surface area contributed by atoms with Crippen LogP contribution in [0.25, 0.3) is 0 Å². The van der Waals surface area contributed by atoms with Gasteiger partial charge in [0.2, 0.25) is 0 Å². The van der Waals surface area contributed by atoms with Crippen molar-refractivity contribution in [2.75, 3.05) is 6.54 Å². The van der Waals surface area contributed by atoms with Crippen molar-refractivity contribution in [1.82, 2.24) is 4.90 Å². The number of hydrogen-bond donors (Lipinski definition) is 0. The highest BCUT2D eigenvalue weighted by Gasteiger charge is 2.30. The van der Waals surface area contributed by atoms with Crippen LogP contribution in [0.5, 0.6) is 0 Å². The fourth-order valence-electron chi connectivity index (χ4n) is 1.37. The Balaban J connectivity index is 2.39. The van der Waals surface area contributed by atoms with Crippen molar-refractivity contribution in [2.24, 2.45) is 0 Å². The van der Waals surface area contributed by atoms with Crippen LogP contribution in [-0.2, 0) is 4.74 Å². The topological polar surface area (TPSA) is 36.3 Å².